The summed E-state index contributed by atoms with van der Waals surface area (Å²) in [5.41, 5.74) is 0. The number of H-pyrrole nitrogens is 1. The van der Waals surface area contributed by atoms with Gasteiger partial charge in [-0.25, -0.2) is 0 Å². The summed E-state index contributed by atoms with van der Waals surface area (Å²) in [5, 5.41) is 0. The zero-order chi connectivity index (χ0) is 3.54. The molecule has 0 radical (unpaired) electrons. The molecule has 0 aromatic carbocycles. The maximum atomic E-state index is 2.86. The highest BCUT2D eigenvalue weighted by Gasteiger charge is 1.55. The molecule has 32 valence electrons. The number of rotatable bonds is 0. The molecule has 0 amide bonds. The first-order valence-electron chi connectivity index (χ1n) is 1.58. The van der Waals surface area contributed by atoms with Gasteiger partial charge in [0.05, 0.1) is 0 Å². The lowest BCUT2D eigenvalue weighted by Gasteiger charge is -1.49. The van der Waals surface area contributed by atoms with Crippen LogP contribution in [0.25, 0.3) is 0 Å². The van der Waals surface area contributed by atoms with Gasteiger partial charge < -0.3 is 4.98 Å². The van der Waals surface area contributed by atoms with Crippen molar-refractivity contribution >= 4 is 17.4 Å². The second-order valence-electron chi connectivity index (χ2n) is 0.885. The fraction of sp³-hybridized carbons (Fsp3) is 0. The number of hydrogen-bond donors (Lipinski definition) is 1. The van der Waals surface area contributed by atoms with Gasteiger partial charge in [-0.05, 0) is 12.1 Å². The molecule has 6 heavy (non-hydrogen) atoms. The van der Waals surface area contributed by atoms with E-state index in [1.807, 2.05) is 24.5 Å². The van der Waals surface area contributed by atoms with E-state index in [1.165, 1.54) is 0 Å². The smallest absolute Gasteiger partial charge is 0.187 e. The van der Waals surface area contributed by atoms with Crippen molar-refractivity contribution in [3.05, 3.63) is 24.5 Å². The molecule has 0 bridgehead atoms. The Bertz CT molecular complexity index is 64.0. The maximum Gasteiger partial charge on any atom is 0.187 e. The minimum absolute atomic E-state index is 0. The molecule has 2 heteroatoms. The molecule has 1 aromatic heterocycles. The molecule has 1 heterocycles. The number of hydrogen-bond acceptors (Lipinski definition) is 0. The van der Waals surface area contributed by atoms with Gasteiger partial charge in [-0.15, -0.1) is 0 Å². The fourth-order valence-corrected chi connectivity index (χ4v) is 0.278. The van der Waals surface area contributed by atoms with Crippen molar-refractivity contribution in [1.29, 1.82) is 0 Å². The van der Waals surface area contributed by atoms with E-state index in [1.54, 1.807) is 0 Å². The lowest BCUT2D eigenvalue weighted by Crippen LogP contribution is -1.38. The second kappa shape index (κ2) is 3.02. The van der Waals surface area contributed by atoms with E-state index in [0.29, 0.717) is 0 Å². The van der Waals surface area contributed by atoms with E-state index in [-0.39, 0.29) is 17.4 Å². The second-order valence-corrected chi connectivity index (χ2v) is 0.885. The van der Waals surface area contributed by atoms with Crippen LogP contribution in [0.5, 0.6) is 0 Å². The summed E-state index contributed by atoms with van der Waals surface area (Å²) in [7, 11) is 0. The van der Waals surface area contributed by atoms with Crippen molar-refractivity contribution in [1.82, 2.24) is 4.98 Å². The minimum atomic E-state index is 0. The van der Waals surface area contributed by atoms with Crippen LogP contribution in [-0.4, -0.2) is 22.3 Å². The molecule has 0 aliphatic carbocycles. The first-order valence-corrected chi connectivity index (χ1v) is 1.58. The summed E-state index contributed by atoms with van der Waals surface area (Å²) in [4.78, 5) is 2.86. The first-order chi connectivity index (χ1) is 2.50. The molecule has 0 atom stereocenters. The molecule has 0 aliphatic rings. The quantitative estimate of drug-likeness (QED) is 0.433. The van der Waals surface area contributed by atoms with E-state index in [0.717, 1.165) is 0 Å². The zero-order valence-corrected chi connectivity index (χ0v) is 2.81. The van der Waals surface area contributed by atoms with Crippen LogP contribution in [0, 0.1) is 0 Å². The lowest BCUT2D eigenvalue weighted by molar-refractivity contribution is 1.42. The van der Waals surface area contributed by atoms with Gasteiger partial charge in [-0.1, -0.05) is 0 Å². The van der Waals surface area contributed by atoms with E-state index in [9.17, 15) is 0 Å². The largest absolute Gasteiger partial charge is 0.368 e. The number of aromatic amines is 1. The normalized spacial score (nSPS) is 6.67. The topological polar surface area (TPSA) is 15.8 Å². The van der Waals surface area contributed by atoms with Crippen molar-refractivity contribution in [2.75, 3.05) is 0 Å². The number of aromatic nitrogens is 1. The van der Waals surface area contributed by atoms with Gasteiger partial charge in [0, 0.05) is 12.4 Å². The Morgan fingerprint density at radius 3 is 1.67 bits per heavy atom. The third kappa shape index (κ3) is 1.30. The Kier molecular flexibility index (Phi) is 2.93. The van der Waals surface area contributed by atoms with Crippen LogP contribution in [0.2, 0.25) is 0 Å². The molecule has 1 N–H and O–H groups in total. The summed E-state index contributed by atoms with van der Waals surface area (Å²) in [6, 6.07) is 3.89. The van der Waals surface area contributed by atoms with Crippen LogP contribution in [-0.2, 0) is 0 Å². The molecule has 1 nitrogen and oxygen atoms in total. The van der Waals surface area contributed by atoms with Crippen molar-refractivity contribution < 1.29 is 0 Å². The van der Waals surface area contributed by atoms with E-state index in [4.69, 9.17) is 0 Å². The van der Waals surface area contributed by atoms with Crippen LogP contribution in [0.1, 0.15) is 0 Å². The molecule has 1 aromatic rings. The number of nitrogens with one attached hydrogen (secondary N) is 1. The standard InChI is InChI=1S/C4H5N.Al.3H/c1-2-4-5-3-1;;;;/h1-5H;;;;. The Balaban J connectivity index is 0.000000250. The Hall–Kier alpha value is -0.188. The molecule has 0 fully saturated rings. The summed E-state index contributed by atoms with van der Waals surface area (Å²) < 4.78 is 0. The predicted molar refractivity (Wildman–Crippen MR) is 30.7 cm³/mol. The molecule has 0 aliphatic heterocycles. The van der Waals surface area contributed by atoms with Gasteiger partial charge in [0.1, 0.15) is 0 Å². The average molecular weight is 97.1 g/mol. The van der Waals surface area contributed by atoms with Crippen LogP contribution < -0.4 is 0 Å². The van der Waals surface area contributed by atoms with Crippen LogP contribution in [0.3, 0.4) is 0 Å². The van der Waals surface area contributed by atoms with E-state index in [2.05, 4.69) is 4.98 Å². The van der Waals surface area contributed by atoms with Gasteiger partial charge in [0.15, 0.2) is 17.4 Å². The molecule has 0 unspecified atom stereocenters. The third-order valence-electron chi connectivity index (χ3n) is 0.496. The Labute approximate surface area is 47.5 Å². The molecule has 0 saturated carbocycles. The summed E-state index contributed by atoms with van der Waals surface area (Å²) in [6.45, 7) is 0. The monoisotopic (exact) mass is 97.0 g/mol. The SMILES string of the molecule is [AlH3].c1cc[nH]c1. The van der Waals surface area contributed by atoms with E-state index >= 15 is 0 Å². The highest BCUT2D eigenvalue weighted by Crippen LogP contribution is 1.72. The van der Waals surface area contributed by atoms with Crippen molar-refractivity contribution in [2.45, 2.75) is 0 Å². The minimum Gasteiger partial charge on any atom is -0.368 e. The molecular weight excluding hydrogens is 89.0 g/mol. The van der Waals surface area contributed by atoms with Gasteiger partial charge >= 0.3 is 0 Å². The molecular formula is C4H8AlN. The van der Waals surface area contributed by atoms with Gasteiger partial charge in [0.2, 0.25) is 0 Å². The van der Waals surface area contributed by atoms with Crippen LogP contribution in [0.4, 0.5) is 0 Å². The predicted octanol–water partition coefficient (Wildman–Crippen LogP) is -0.169. The maximum absolute atomic E-state index is 2.86. The van der Waals surface area contributed by atoms with Crippen molar-refractivity contribution in [2.24, 2.45) is 0 Å². The van der Waals surface area contributed by atoms with Crippen molar-refractivity contribution in [3.63, 3.8) is 0 Å². The zero-order valence-electron chi connectivity index (χ0n) is 2.81. The fourth-order valence-electron chi connectivity index (χ4n) is 0.278. The molecule has 0 spiro atoms. The van der Waals surface area contributed by atoms with Crippen LogP contribution >= 0.6 is 0 Å². The lowest BCUT2D eigenvalue weighted by atomic mass is 10.7. The van der Waals surface area contributed by atoms with Crippen LogP contribution in [0.15, 0.2) is 24.5 Å². The van der Waals surface area contributed by atoms with Gasteiger partial charge in [-0.2, -0.15) is 0 Å². The first kappa shape index (κ1) is 5.81. The Morgan fingerprint density at radius 2 is 1.50 bits per heavy atom. The van der Waals surface area contributed by atoms with E-state index < -0.39 is 0 Å². The highest BCUT2D eigenvalue weighted by atomic mass is 27.0. The highest BCUT2D eigenvalue weighted by molar-refractivity contribution is 5.75. The van der Waals surface area contributed by atoms with Crippen molar-refractivity contribution in [3.8, 4) is 0 Å². The summed E-state index contributed by atoms with van der Waals surface area (Å²) >= 11 is 0. The third-order valence-corrected chi connectivity index (χ3v) is 0.496. The van der Waals surface area contributed by atoms with Gasteiger partial charge in [-0.3, -0.25) is 0 Å². The summed E-state index contributed by atoms with van der Waals surface area (Å²) in [6.07, 6.45) is 3.75. The van der Waals surface area contributed by atoms with Gasteiger partial charge in [0.25, 0.3) is 0 Å². The molecule has 0 saturated heterocycles. The molecule has 1 rings (SSSR count). The average Bonchev–Trinajstić information content (AvgIpc) is 1.76. The Morgan fingerprint density at radius 1 is 1.00 bits per heavy atom. The summed E-state index contributed by atoms with van der Waals surface area (Å²) in [5.74, 6) is 0.